The van der Waals surface area contributed by atoms with E-state index < -0.39 is 0 Å². The Bertz CT molecular complexity index is 1190. The van der Waals surface area contributed by atoms with Crippen molar-refractivity contribution in [1.82, 2.24) is 9.55 Å². The Kier molecular flexibility index (Phi) is 9.05. The van der Waals surface area contributed by atoms with Gasteiger partial charge in [0.15, 0.2) is 0 Å². The smallest absolute Gasteiger partial charge is 0.0602 e. The summed E-state index contributed by atoms with van der Waals surface area (Å²) in [5.41, 5.74) is 11.6. The Balaban J connectivity index is 0.00000324. The maximum Gasteiger partial charge on any atom is 0.0602 e. The van der Waals surface area contributed by atoms with Crippen molar-refractivity contribution in [2.75, 3.05) is 0 Å². The molecule has 0 amide bonds. The van der Waals surface area contributed by atoms with Crippen molar-refractivity contribution in [3.8, 4) is 28.2 Å². The van der Waals surface area contributed by atoms with Crippen LogP contribution in [0.3, 0.4) is 0 Å². The molecule has 34 heavy (non-hydrogen) atoms. The van der Waals surface area contributed by atoms with Gasteiger partial charge < -0.3 is 4.57 Å². The van der Waals surface area contributed by atoms with E-state index in [2.05, 4.69) is 86.8 Å². The van der Waals surface area contributed by atoms with Crippen LogP contribution in [0.15, 0.2) is 60.9 Å². The van der Waals surface area contributed by atoms with E-state index >= 15 is 0 Å². The molecule has 3 aromatic carbocycles. The van der Waals surface area contributed by atoms with E-state index in [1.54, 1.807) is 0 Å². The average Bonchev–Trinajstić information content (AvgIpc) is 3.26. The molecule has 0 aliphatic carbocycles. The van der Waals surface area contributed by atoms with Crippen LogP contribution in [0.1, 0.15) is 60.4 Å². The second-order valence-corrected chi connectivity index (χ2v) is 9.27. The predicted octanol–water partition coefficient (Wildman–Crippen LogP) is 8.36. The molecule has 0 aliphatic rings. The van der Waals surface area contributed by atoms with Gasteiger partial charge >= 0.3 is 0 Å². The molecule has 0 saturated heterocycles. The van der Waals surface area contributed by atoms with Gasteiger partial charge in [0.05, 0.1) is 5.82 Å². The Hall–Kier alpha value is -2.48. The van der Waals surface area contributed by atoms with Gasteiger partial charge in [-0.15, -0.1) is 35.9 Å². The molecule has 1 heterocycles. The summed E-state index contributed by atoms with van der Waals surface area (Å²) in [6.07, 6.45) is 10.3. The summed E-state index contributed by atoms with van der Waals surface area (Å²) < 4.78 is 2.19. The van der Waals surface area contributed by atoms with Crippen LogP contribution in [0.2, 0.25) is 0 Å². The van der Waals surface area contributed by atoms with E-state index in [1.807, 2.05) is 24.4 Å². The maximum absolute atomic E-state index is 4.63. The number of benzene rings is 3. The normalized spacial score (nSPS) is 10.9. The van der Waals surface area contributed by atoms with Crippen molar-refractivity contribution in [1.29, 1.82) is 0 Å². The zero-order valence-electron chi connectivity index (χ0n) is 21.0. The Morgan fingerprint density at radius 3 is 2.18 bits per heavy atom. The third-order valence-electron chi connectivity index (χ3n) is 6.52. The van der Waals surface area contributed by atoms with E-state index in [1.165, 1.54) is 76.7 Å². The Morgan fingerprint density at radius 2 is 1.56 bits per heavy atom. The van der Waals surface area contributed by atoms with Crippen molar-refractivity contribution in [3.63, 3.8) is 0 Å². The van der Waals surface area contributed by atoms with Crippen LogP contribution < -0.4 is 0 Å². The molecule has 4 rings (SSSR count). The van der Waals surface area contributed by atoms with Crippen molar-refractivity contribution in [2.45, 2.75) is 66.7 Å². The minimum Gasteiger partial charge on any atom is -0.340 e. The molecule has 0 spiro atoms. The van der Waals surface area contributed by atoms with Crippen molar-refractivity contribution in [2.24, 2.45) is 0 Å². The van der Waals surface area contributed by atoms with Crippen LogP contribution in [0, 0.1) is 33.8 Å². The molecular weight excluding hydrogens is 593 g/mol. The first-order chi connectivity index (χ1) is 16.0. The molecular formula is C31H35IrN2-. The molecule has 0 N–H and O–H groups in total. The van der Waals surface area contributed by atoms with Gasteiger partial charge in [-0.1, -0.05) is 38.3 Å². The Morgan fingerprint density at radius 1 is 0.853 bits per heavy atom. The maximum atomic E-state index is 4.63. The topological polar surface area (TPSA) is 17.8 Å². The van der Waals surface area contributed by atoms with Gasteiger partial charge in [-0.25, -0.2) is 0 Å². The van der Waals surface area contributed by atoms with Crippen LogP contribution in [0.25, 0.3) is 28.2 Å². The van der Waals surface area contributed by atoms with Gasteiger partial charge in [0.2, 0.25) is 0 Å². The molecule has 179 valence electrons. The quantitative estimate of drug-likeness (QED) is 0.142. The number of aromatic nitrogens is 2. The van der Waals surface area contributed by atoms with E-state index in [4.69, 9.17) is 0 Å². The minimum absolute atomic E-state index is 0. The van der Waals surface area contributed by atoms with Crippen molar-refractivity contribution in [3.05, 3.63) is 94.8 Å². The Labute approximate surface area is 218 Å². The number of hydrogen-bond donors (Lipinski definition) is 0. The summed E-state index contributed by atoms with van der Waals surface area (Å²) in [6.45, 7) is 11.2. The molecule has 0 fully saturated rings. The van der Waals surface area contributed by atoms with Crippen molar-refractivity contribution < 1.29 is 20.1 Å². The molecule has 2 nitrogen and oxygen atoms in total. The van der Waals surface area contributed by atoms with Gasteiger partial charge in [-0.3, -0.25) is 4.98 Å². The van der Waals surface area contributed by atoms with E-state index in [0.29, 0.717) is 0 Å². The first kappa shape index (κ1) is 26.1. The number of aryl methyl sites for hydroxylation is 5. The number of hydrogen-bond acceptors (Lipinski definition) is 1. The molecule has 1 aromatic heterocycles. The number of unbranched alkanes of at least 4 members (excludes halogenated alkanes) is 3. The van der Waals surface area contributed by atoms with E-state index in [9.17, 15) is 0 Å². The molecule has 0 aliphatic heterocycles. The third kappa shape index (κ3) is 5.59. The molecule has 3 heteroatoms. The van der Waals surface area contributed by atoms with Gasteiger partial charge in [-0.2, -0.15) is 0 Å². The molecule has 4 aromatic rings. The minimum atomic E-state index is 0. The van der Waals surface area contributed by atoms with Gasteiger partial charge in [-0.05, 0) is 91.6 Å². The summed E-state index contributed by atoms with van der Waals surface area (Å²) >= 11 is 0. The molecule has 0 atom stereocenters. The fraction of sp³-hybridized carbons (Fsp3) is 0.323. The second-order valence-electron chi connectivity index (χ2n) is 9.27. The van der Waals surface area contributed by atoms with Gasteiger partial charge in [0, 0.05) is 38.2 Å². The molecule has 0 saturated carbocycles. The van der Waals surface area contributed by atoms with Crippen LogP contribution in [0.5, 0.6) is 0 Å². The zero-order valence-corrected chi connectivity index (χ0v) is 23.4. The summed E-state index contributed by atoms with van der Waals surface area (Å²) in [7, 11) is 0. The summed E-state index contributed by atoms with van der Waals surface area (Å²) in [5, 5.41) is 0. The third-order valence-corrected chi connectivity index (χ3v) is 6.52. The fourth-order valence-electron chi connectivity index (χ4n) is 5.10. The zero-order chi connectivity index (χ0) is 23.4. The first-order valence-corrected chi connectivity index (χ1v) is 12.2. The number of nitrogens with zero attached hydrogens (tertiary/aromatic N) is 2. The van der Waals surface area contributed by atoms with E-state index in [0.717, 1.165) is 11.4 Å². The first-order valence-electron chi connectivity index (χ1n) is 12.2. The fourth-order valence-corrected chi connectivity index (χ4v) is 5.10. The predicted molar refractivity (Wildman–Crippen MR) is 140 cm³/mol. The SMILES string of the molecule is CCCCCCc1cc(C)c(-c2cc(C)c(-n3ccnc3-c3[c-]cccc3)c(C)c2)c(C)c1.[Ir]. The number of imidazole rings is 1. The van der Waals surface area contributed by atoms with Gasteiger partial charge in [0.1, 0.15) is 0 Å². The number of rotatable bonds is 8. The average molecular weight is 628 g/mol. The summed E-state index contributed by atoms with van der Waals surface area (Å²) in [4.78, 5) is 4.63. The summed E-state index contributed by atoms with van der Waals surface area (Å²) in [5.74, 6) is 0.925. The van der Waals surface area contributed by atoms with E-state index in [-0.39, 0.29) is 20.1 Å². The molecule has 0 bridgehead atoms. The molecule has 0 unspecified atom stereocenters. The second kappa shape index (κ2) is 11.8. The van der Waals surface area contributed by atoms with Crippen molar-refractivity contribution >= 4 is 0 Å². The molecule has 1 radical (unpaired) electrons. The monoisotopic (exact) mass is 628 g/mol. The van der Waals surface area contributed by atoms with Crippen LogP contribution >= 0.6 is 0 Å². The van der Waals surface area contributed by atoms with Crippen LogP contribution in [-0.4, -0.2) is 9.55 Å². The van der Waals surface area contributed by atoms with Gasteiger partial charge in [0.25, 0.3) is 0 Å². The largest absolute Gasteiger partial charge is 0.340 e. The standard InChI is InChI=1S/C31H35N2.Ir/c1-6-7-8-10-13-26-18-22(2)29(23(3)19-26)28-20-24(4)30(25(5)21-28)33-17-16-32-31(33)27-14-11-9-12-15-27;/h9,11-12,14,16-21H,6-8,10,13H2,1-5H3;/q-1;. The van der Waals surface area contributed by atoms with Crippen LogP contribution in [-0.2, 0) is 26.5 Å². The summed E-state index contributed by atoms with van der Waals surface area (Å²) in [6, 6.07) is 20.8. The van der Waals surface area contributed by atoms with Crippen LogP contribution in [0.4, 0.5) is 0 Å².